The monoisotopic (exact) mass is 396 g/mol. The molecule has 0 radical (unpaired) electrons. The number of benzene rings is 2. The predicted molar refractivity (Wildman–Crippen MR) is 114 cm³/mol. The number of rotatable bonds is 7. The highest BCUT2D eigenvalue weighted by Gasteiger charge is 2.33. The molecule has 148 valence electrons. The van der Waals surface area contributed by atoms with Gasteiger partial charge in [-0.3, -0.25) is 0 Å². The molecule has 0 aliphatic rings. The summed E-state index contributed by atoms with van der Waals surface area (Å²) >= 11 is 0. The van der Waals surface area contributed by atoms with Crippen LogP contribution in [0.3, 0.4) is 0 Å². The number of hydrogen-bond donors (Lipinski definition) is 0. The van der Waals surface area contributed by atoms with E-state index in [4.69, 9.17) is 4.74 Å². The molecule has 0 fully saturated rings. The average molecular weight is 397 g/mol. The molecular formula is C23H28O4Si. The second-order valence-corrected chi connectivity index (χ2v) is 12.3. The van der Waals surface area contributed by atoms with Gasteiger partial charge in [-0.25, -0.2) is 9.59 Å². The first kappa shape index (κ1) is 21.6. The van der Waals surface area contributed by atoms with Crippen molar-refractivity contribution in [3.05, 3.63) is 77.9 Å². The maximum absolute atomic E-state index is 12.0. The van der Waals surface area contributed by atoms with Crippen molar-refractivity contribution in [3.8, 4) is 0 Å². The van der Waals surface area contributed by atoms with Crippen LogP contribution < -0.4 is 5.19 Å². The molecule has 0 aromatic heterocycles. The van der Waals surface area contributed by atoms with Crippen molar-refractivity contribution < 1.29 is 19.1 Å². The molecule has 0 aliphatic heterocycles. The van der Waals surface area contributed by atoms with Crippen LogP contribution in [0.5, 0.6) is 0 Å². The van der Waals surface area contributed by atoms with E-state index in [-0.39, 0.29) is 0 Å². The summed E-state index contributed by atoms with van der Waals surface area (Å²) in [7, 11) is -0.531. The molecule has 0 unspecified atom stereocenters. The van der Waals surface area contributed by atoms with Gasteiger partial charge in [0.15, 0.2) is 0 Å². The molecule has 2 aromatic carbocycles. The first-order valence-electron chi connectivity index (χ1n) is 9.38. The highest BCUT2D eigenvalue weighted by molar-refractivity contribution is 6.90. The summed E-state index contributed by atoms with van der Waals surface area (Å²) in [6.45, 7) is 8.83. The molecule has 28 heavy (non-hydrogen) atoms. The van der Waals surface area contributed by atoms with E-state index in [0.29, 0.717) is 5.54 Å². The minimum Gasteiger partial charge on any atom is -0.466 e. The Morgan fingerprint density at radius 3 is 2.00 bits per heavy atom. The molecule has 2 aromatic rings. The minimum atomic E-state index is -1.79. The van der Waals surface area contributed by atoms with Gasteiger partial charge >= 0.3 is 11.9 Å². The van der Waals surface area contributed by atoms with Crippen LogP contribution in [0.15, 0.2) is 66.7 Å². The van der Waals surface area contributed by atoms with E-state index < -0.39 is 26.1 Å². The van der Waals surface area contributed by atoms with E-state index in [1.165, 1.54) is 17.9 Å². The lowest BCUT2D eigenvalue weighted by Gasteiger charge is -2.33. The van der Waals surface area contributed by atoms with Crippen molar-refractivity contribution in [1.82, 2.24) is 0 Å². The summed E-state index contributed by atoms with van der Waals surface area (Å²) < 4.78 is 10.0. The van der Waals surface area contributed by atoms with Crippen molar-refractivity contribution in [1.29, 1.82) is 0 Å². The Hall–Kier alpha value is -2.66. The molecule has 0 bridgehead atoms. The topological polar surface area (TPSA) is 52.6 Å². The van der Waals surface area contributed by atoms with Gasteiger partial charge in [-0.05, 0) is 23.6 Å². The van der Waals surface area contributed by atoms with Gasteiger partial charge in [0.25, 0.3) is 0 Å². The summed E-state index contributed by atoms with van der Waals surface area (Å²) in [6, 6.07) is 18.7. The molecule has 0 spiro atoms. The molecule has 0 saturated heterocycles. The summed E-state index contributed by atoms with van der Waals surface area (Å²) in [6.07, 6.45) is 1.74. The molecule has 0 aliphatic carbocycles. The van der Waals surface area contributed by atoms with Crippen LogP contribution in [-0.2, 0) is 19.1 Å². The second-order valence-electron chi connectivity index (χ2n) is 7.37. The van der Waals surface area contributed by atoms with Gasteiger partial charge < -0.3 is 9.47 Å². The van der Waals surface area contributed by atoms with Crippen molar-refractivity contribution in [3.63, 3.8) is 0 Å². The smallest absolute Gasteiger partial charge is 0.331 e. The van der Waals surface area contributed by atoms with Crippen LogP contribution in [0, 0.1) is 0 Å². The molecule has 4 nitrogen and oxygen atoms in total. The molecule has 5 heteroatoms. The molecule has 0 heterocycles. The second kappa shape index (κ2) is 9.51. The van der Waals surface area contributed by atoms with Crippen LogP contribution in [0.4, 0.5) is 0 Å². The fourth-order valence-corrected chi connectivity index (χ4v) is 5.86. The zero-order chi connectivity index (χ0) is 20.7. The van der Waals surface area contributed by atoms with Crippen molar-refractivity contribution in [2.24, 2.45) is 0 Å². The summed E-state index contributed by atoms with van der Waals surface area (Å²) in [5.41, 5.74) is 2.52. The number of hydrogen-bond acceptors (Lipinski definition) is 4. The van der Waals surface area contributed by atoms with Crippen molar-refractivity contribution in [2.45, 2.75) is 38.6 Å². The Morgan fingerprint density at radius 2 is 1.39 bits per heavy atom. The van der Waals surface area contributed by atoms with E-state index in [1.54, 1.807) is 0 Å². The van der Waals surface area contributed by atoms with Gasteiger partial charge in [0.1, 0.15) is 6.10 Å². The highest BCUT2D eigenvalue weighted by atomic mass is 28.3. The molecule has 2 atom stereocenters. The zero-order valence-corrected chi connectivity index (χ0v) is 18.1. The SMILES string of the molecule is COC(=O)/C=C/C(=O)O[C@H](C)c1ccccc1[C@H](C)[Si](C)(C)c1ccccc1. The Morgan fingerprint density at radius 1 is 0.857 bits per heavy atom. The van der Waals surface area contributed by atoms with Crippen LogP contribution in [-0.4, -0.2) is 27.1 Å². The van der Waals surface area contributed by atoms with Gasteiger partial charge in [-0.2, -0.15) is 0 Å². The standard InChI is InChI=1S/C23H28O4Si/c1-17(27-23(25)16-15-22(24)26-3)20-13-9-10-14-21(20)18(2)28(4,5)19-11-7-6-8-12-19/h6-18H,1-5H3/b16-15+/t17-,18+/m1/s1. The molecule has 0 N–H and O–H groups in total. The summed E-state index contributed by atoms with van der Waals surface area (Å²) in [4.78, 5) is 23.2. The number of methoxy groups -OCH3 is 1. The van der Waals surface area contributed by atoms with E-state index in [0.717, 1.165) is 17.7 Å². The molecule has 2 rings (SSSR count). The largest absolute Gasteiger partial charge is 0.466 e. The van der Waals surface area contributed by atoms with Gasteiger partial charge in [0, 0.05) is 12.2 Å². The van der Waals surface area contributed by atoms with Crippen LogP contribution >= 0.6 is 0 Å². The van der Waals surface area contributed by atoms with Crippen LogP contribution in [0.1, 0.15) is 36.6 Å². The summed E-state index contributed by atoms with van der Waals surface area (Å²) in [5.74, 6) is -1.16. The normalized spacial score (nSPS) is 13.8. The Kier molecular flexibility index (Phi) is 7.35. The van der Waals surface area contributed by atoms with Gasteiger partial charge in [0.2, 0.25) is 0 Å². The summed E-state index contributed by atoms with van der Waals surface area (Å²) in [5, 5.41) is 1.39. The van der Waals surface area contributed by atoms with E-state index >= 15 is 0 Å². The fourth-order valence-electron chi connectivity index (χ4n) is 3.26. The lowest BCUT2D eigenvalue weighted by molar-refractivity contribution is -0.143. The quantitative estimate of drug-likeness (QED) is 0.398. The first-order chi connectivity index (χ1) is 13.3. The van der Waals surface area contributed by atoms with E-state index in [2.05, 4.69) is 55.1 Å². The third kappa shape index (κ3) is 5.20. The highest BCUT2D eigenvalue weighted by Crippen LogP contribution is 2.33. The third-order valence-corrected chi connectivity index (χ3v) is 9.65. The Bertz CT molecular complexity index is 843. The maximum Gasteiger partial charge on any atom is 0.331 e. The van der Waals surface area contributed by atoms with Gasteiger partial charge in [0.05, 0.1) is 15.2 Å². The van der Waals surface area contributed by atoms with E-state index in [1.807, 2.05) is 31.2 Å². The lowest BCUT2D eigenvalue weighted by Crippen LogP contribution is -2.46. The van der Waals surface area contributed by atoms with E-state index in [9.17, 15) is 9.59 Å². The van der Waals surface area contributed by atoms with Gasteiger partial charge in [-0.15, -0.1) is 0 Å². The predicted octanol–water partition coefficient (Wildman–Crippen LogP) is 4.28. The first-order valence-corrected chi connectivity index (χ1v) is 12.5. The third-order valence-electron chi connectivity index (χ3n) is 5.35. The average Bonchev–Trinajstić information content (AvgIpc) is 2.71. The zero-order valence-electron chi connectivity index (χ0n) is 17.1. The number of esters is 2. The molecule has 0 amide bonds. The van der Waals surface area contributed by atoms with Gasteiger partial charge in [-0.1, -0.05) is 79.8 Å². The fraction of sp³-hybridized carbons (Fsp3) is 0.304. The van der Waals surface area contributed by atoms with Crippen molar-refractivity contribution >= 4 is 25.2 Å². The minimum absolute atomic E-state index is 0.331. The lowest BCUT2D eigenvalue weighted by atomic mass is 10.0. The molecule has 0 saturated carbocycles. The number of ether oxygens (including phenoxy) is 2. The number of carbonyl (C=O) groups is 2. The Labute approximate surface area is 168 Å². The number of carbonyl (C=O) groups excluding carboxylic acids is 2. The van der Waals surface area contributed by atoms with Crippen LogP contribution in [0.2, 0.25) is 13.1 Å². The van der Waals surface area contributed by atoms with Crippen molar-refractivity contribution in [2.75, 3.05) is 7.11 Å². The molecular weight excluding hydrogens is 368 g/mol. The Balaban J connectivity index is 2.25. The van der Waals surface area contributed by atoms with Crippen LogP contribution in [0.25, 0.3) is 0 Å². The maximum atomic E-state index is 12.0.